The zero-order chi connectivity index (χ0) is 23.0. The molecular formula is C26H32ClN5O2. The third-order valence-corrected chi connectivity index (χ3v) is 9.14. The van der Waals surface area contributed by atoms with Gasteiger partial charge in [0.2, 0.25) is 11.8 Å². The molecule has 0 radical (unpaired) electrons. The second-order valence-electron chi connectivity index (χ2n) is 11.3. The van der Waals surface area contributed by atoms with E-state index in [0.717, 1.165) is 68.8 Å². The van der Waals surface area contributed by atoms with Crippen LogP contribution in [-0.4, -0.2) is 59.5 Å². The normalized spacial score (nSPS) is 34.1. The first kappa shape index (κ1) is 21.2. The second kappa shape index (κ2) is 7.70. The molecule has 7 nitrogen and oxygen atoms in total. The molecule has 180 valence electrons. The van der Waals surface area contributed by atoms with Gasteiger partial charge in [0.15, 0.2) is 0 Å². The van der Waals surface area contributed by atoms with Crippen molar-refractivity contribution in [3.63, 3.8) is 0 Å². The van der Waals surface area contributed by atoms with E-state index in [9.17, 15) is 9.59 Å². The lowest BCUT2D eigenvalue weighted by Gasteiger charge is -2.42. The summed E-state index contributed by atoms with van der Waals surface area (Å²) in [6, 6.07) is 0. The van der Waals surface area contributed by atoms with Crippen LogP contribution in [0.1, 0.15) is 38.5 Å². The standard InChI is InChI=1S/C26H32ClN5O2/c27-21-10-18(3-5-20(21)17-4-6-22-19(9-17)11-28-30-22)23-29-26(7-8-26)25(34)32(23)14-15-12-31(13-15)24(33)16-1-2-16/h3-4,6,10,15-16,19-20,23,28-30H,1-2,5,7-9,11-14H2. The van der Waals surface area contributed by atoms with Gasteiger partial charge in [0.05, 0.1) is 0 Å². The number of hydrazine groups is 1. The highest BCUT2D eigenvalue weighted by Crippen LogP contribution is 2.46. The number of amides is 2. The molecule has 7 aliphatic rings. The van der Waals surface area contributed by atoms with E-state index in [0.29, 0.717) is 24.3 Å². The summed E-state index contributed by atoms with van der Waals surface area (Å²) in [6.07, 6.45) is 14.5. The first-order chi connectivity index (χ1) is 16.5. The van der Waals surface area contributed by atoms with Crippen molar-refractivity contribution in [2.45, 2.75) is 50.2 Å². The molecule has 4 aliphatic carbocycles. The zero-order valence-corrected chi connectivity index (χ0v) is 20.1. The van der Waals surface area contributed by atoms with Gasteiger partial charge in [-0.2, -0.15) is 0 Å². The SMILES string of the molecule is O=C(C1CC1)N1CC(CN2C(=O)C3(CC3)NC2C2=CCC(C3=CC=C4NNCC4C3)C(Cl)=C2)C1. The van der Waals surface area contributed by atoms with Crippen molar-refractivity contribution in [1.29, 1.82) is 0 Å². The highest BCUT2D eigenvalue weighted by Gasteiger charge is 2.60. The fourth-order valence-corrected chi connectivity index (χ4v) is 6.68. The summed E-state index contributed by atoms with van der Waals surface area (Å²) in [6.45, 7) is 3.23. The molecule has 5 fully saturated rings. The fraction of sp³-hybridized carbons (Fsp3) is 0.615. The molecule has 3 unspecified atom stereocenters. The lowest BCUT2D eigenvalue weighted by atomic mass is 9.81. The van der Waals surface area contributed by atoms with Crippen LogP contribution in [0, 0.1) is 23.7 Å². The Kier molecular flexibility index (Phi) is 4.81. The highest BCUT2D eigenvalue weighted by atomic mass is 35.5. The molecule has 0 bridgehead atoms. The Bertz CT molecular complexity index is 1060. The van der Waals surface area contributed by atoms with Gasteiger partial charge >= 0.3 is 0 Å². The Morgan fingerprint density at radius 3 is 2.76 bits per heavy atom. The largest absolute Gasteiger partial charge is 0.342 e. The van der Waals surface area contributed by atoms with Crippen molar-refractivity contribution in [2.75, 3.05) is 26.2 Å². The summed E-state index contributed by atoms with van der Waals surface area (Å²) in [7, 11) is 0. The lowest BCUT2D eigenvalue weighted by Crippen LogP contribution is -2.55. The third-order valence-electron chi connectivity index (χ3n) is 8.77. The Balaban J connectivity index is 1.05. The smallest absolute Gasteiger partial charge is 0.244 e. The molecule has 3 aliphatic heterocycles. The molecule has 3 heterocycles. The topological polar surface area (TPSA) is 76.7 Å². The number of carbonyl (C=O) groups excluding carboxylic acids is 2. The van der Waals surface area contributed by atoms with Gasteiger partial charge in [-0.3, -0.25) is 14.9 Å². The molecule has 7 rings (SSSR count). The van der Waals surface area contributed by atoms with E-state index in [4.69, 9.17) is 11.6 Å². The van der Waals surface area contributed by atoms with Gasteiger partial charge in [0.25, 0.3) is 0 Å². The molecule has 3 N–H and O–H groups in total. The van der Waals surface area contributed by atoms with E-state index in [2.05, 4.69) is 40.5 Å². The van der Waals surface area contributed by atoms with Crippen LogP contribution in [0.15, 0.2) is 46.2 Å². The van der Waals surface area contributed by atoms with Gasteiger partial charge in [-0.05, 0) is 56.3 Å². The summed E-state index contributed by atoms with van der Waals surface area (Å²) >= 11 is 6.89. The molecule has 0 aromatic carbocycles. The van der Waals surface area contributed by atoms with Crippen LogP contribution in [0.25, 0.3) is 0 Å². The molecule has 2 amide bonds. The maximum Gasteiger partial charge on any atom is 0.244 e. The van der Waals surface area contributed by atoms with Crippen LogP contribution < -0.4 is 16.2 Å². The molecule has 34 heavy (non-hydrogen) atoms. The molecule has 3 saturated heterocycles. The fourth-order valence-electron chi connectivity index (χ4n) is 6.32. The maximum atomic E-state index is 13.3. The zero-order valence-electron chi connectivity index (χ0n) is 19.4. The van der Waals surface area contributed by atoms with Crippen LogP contribution in [0.4, 0.5) is 0 Å². The molecule has 2 saturated carbocycles. The van der Waals surface area contributed by atoms with Gasteiger partial charge in [-0.25, -0.2) is 5.43 Å². The minimum Gasteiger partial charge on any atom is -0.342 e. The van der Waals surface area contributed by atoms with Crippen LogP contribution in [0.2, 0.25) is 0 Å². The summed E-state index contributed by atoms with van der Waals surface area (Å²) in [5, 5.41) is 4.53. The lowest BCUT2D eigenvalue weighted by molar-refractivity contribution is -0.140. The number of hydrogen-bond donors (Lipinski definition) is 3. The van der Waals surface area contributed by atoms with Crippen molar-refractivity contribution in [2.24, 2.45) is 23.7 Å². The van der Waals surface area contributed by atoms with Crippen molar-refractivity contribution in [3.8, 4) is 0 Å². The number of hydrogen-bond acceptors (Lipinski definition) is 5. The molecular weight excluding hydrogens is 450 g/mol. The van der Waals surface area contributed by atoms with Crippen LogP contribution >= 0.6 is 11.6 Å². The number of allylic oxidation sites excluding steroid dienone is 5. The highest BCUT2D eigenvalue weighted by molar-refractivity contribution is 6.30. The van der Waals surface area contributed by atoms with Crippen molar-refractivity contribution < 1.29 is 9.59 Å². The molecule has 0 aromatic rings. The monoisotopic (exact) mass is 481 g/mol. The van der Waals surface area contributed by atoms with E-state index in [1.54, 1.807) is 0 Å². The Labute approximate surface area is 205 Å². The number of fused-ring (bicyclic) bond motifs is 1. The average Bonchev–Trinajstić information content (AvgIpc) is 3.72. The van der Waals surface area contributed by atoms with Crippen LogP contribution in [0.5, 0.6) is 0 Å². The number of halogens is 1. The van der Waals surface area contributed by atoms with E-state index in [1.165, 1.54) is 11.3 Å². The van der Waals surface area contributed by atoms with Gasteiger partial charge in [-0.15, -0.1) is 0 Å². The van der Waals surface area contributed by atoms with E-state index < -0.39 is 0 Å². The maximum absolute atomic E-state index is 13.3. The third kappa shape index (κ3) is 3.47. The predicted octanol–water partition coefficient (Wildman–Crippen LogP) is 2.15. The number of likely N-dealkylation sites (tertiary alicyclic amines) is 1. The first-order valence-electron chi connectivity index (χ1n) is 12.8. The summed E-state index contributed by atoms with van der Waals surface area (Å²) in [5.74, 6) is 1.90. The number of nitrogens with one attached hydrogen (secondary N) is 3. The van der Waals surface area contributed by atoms with Gasteiger partial charge in [0.1, 0.15) is 11.7 Å². The second-order valence-corrected chi connectivity index (χ2v) is 11.7. The quantitative estimate of drug-likeness (QED) is 0.561. The number of nitrogens with zero attached hydrogens (tertiary/aromatic N) is 2. The van der Waals surface area contributed by atoms with Crippen molar-refractivity contribution >= 4 is 23.4 Å². The number of rotatable bonds is 5. The minimum atomic E-state index is -0.370. The molecule has 1 spiro atoms. The summed E-state index contributed by atoms with van der Waals surface area (Å²) in [4.78, 5) is 29.6. The van der Waals surface area contributed by atoms with Gasteiger partial charge in [-0.1, -0.05) is 29.3 Å². The molecule has 3 atom stereocenters. The first-order valence-corrected chi connectivity index (χ1v) is 13.2. The van der Waals surface area contributed by atoms with Crippen LogP contribution in [0.3, 0.4) is 0 Å². The predicted molar refractivity (Wildman–Crippen MR) is 129 cm³/mol. The minimum absolute atomic E-state index is 0.118. The summed E-state index contributed by atoms with van der Waals surface area (Å²) < 4.78 is 0. The van der Waals surface area contributed by atoms with Gasteiger partial charge in [0, 0.05) is 60.6 Å². The van der Waals surface area contributed by atoms with Crippen molar-refractivity contribution in [3.05, 3.63) is 46.2 Å². The summed E-state index contributed by atoms with van der Waals surface area (Å²) in [5.41, 5.74) is 9.87. The van der Waals surface area contributed by atoms with Crippen molar-refractivity contribution in [1.82, 2.24) is 26.0 Å². The Hall–Kier alpha value is -2.09. The van der Waals surface area contributed by atoms with Gasteiger partial charge < -0.3 is 15.2 Å². The van der Waals surface area contributed by atoms with Crippen LogP contribution in [-0.2, 0) is 9.59 Å². The van der Waals surface area contributed by atoms with E-state index in [-0.39, 0.29) is 29.4 Å². The molecule has 0 aromatic heterocycles. The van der Waals surface area contributed by atoms with E-state index >= 15 is 0 Å². The molecule has 8 heteroatoms. The average molecular weight is 482 g/mol. The Morgan fingerprint density at radius 2 is 2.03 bits per heavy atom. The number of carbonyl (C=O) groups is 2. The Morgan fingerprint density at radius 1 is 1.21 bits per heavy atom. The van der Waals surface area contributed by atoms with E-state index in [1.807, 2.05) is 9.80 Å².